The molecule has 1 aromatic heterocycles. The Balaban J connectivity index is 1.57. The van der Waals surface area contributed by atoms with Crippen LogP contribution in [0.4, 0.5) is 5.82 Å². The van der Waals surface area contributed by atoms with E-state index in [9.17, 15) is 4.79 Å². The monoisotopic (exact) mass is 336 g/mol. The zero-order valence-electron chi connectivity index (χ0n) is 11.3. The molecule has 1 atom stereocenters. The molecule has 2 saturated heterocycles. The van der Waals surface area contributed by atoms with Crippen LogP contribution >= 0.6 is 15.9 Å². The lowest BCUT2D eigenvalue weighted by Crippen LogP contribution is -2.51. The van der Waals surface area contributed by atoms with Gasteiger partial charge in [-0.1, -0.05) is 0 Å². The van der Waals surface area contributed by atoms with E-state index in [4.69, 9.17) is 4.98 Å². The van der Waals surface area contributed by atoms with Crippen LogP contribution in [0.5, 0.6) is 0 Å². The van der Waals surface area contributed by atoms with Gasteiger partial charge in [-0.25, -0.2) is 9.97 Å². The van der Waals surface area contributed by atoms with Gasteiger partial charge in [0, 0.05) is 44.1 Å². The van der Waals surface area contributed by atoms with Crippen molar-refractivity contribution in [2.24, 2.45) is 0 Å². The molecular weight excluding hydrogens is 320 g/mol. The zero-order chi connectivity index (χ0) is 13.7. The minimum atomic E-state index is 0.317. The molecule has 1 aliphatic carbocycles. The first-order valence-electron chi connectivity index (χ1n) is 7.29. The van der Waals surface area contributed by atoms with Gasteiger partial charge < -0.3 is 9.80 Å². The number of carbonyl (C=O) groups is 1. The molecule has 20 heavy (non-hydrogen) atoms. The highest BCUT2D eigenvalue weighted by Gasteiger charge is 2.36. The third-order valence-electron chi connectivity index (χ3n) is 4.46. The number of piperazine rings is 1. The Morgan fingerprint density at radius 3 is 2.85 bits per heavy atom. The van der Waals surface area contributed by atoms with Gasteiger partial charge in [0.1, 0.15) is 16.2 Å². The van der Waals surface area contributed by atoms with Crippen LogP contribution < -0.4 is 4.90 Å². The summed E-state index contributed by atoms with van der Waals surface area (Å²) < 4.78 is 0.870. The third-order valence-corrected chi connectivity index (χ3v) is 4.87. The standard InChI is InChI=1S/C14H17BrN4O/c15-11-7-12(17-14(16-11)9-1-2-9)18-5-6-19-10(8-18)3-4-13(19)20/h7,9-10H,1-6,8H2. The Morgan fingerprint density at radius 2 is 2.05 bits per heavy atom. The lowest BCUT2D eigenvalue weighted by molar-refractivity contribution is -0.129. The van der Waals surface area contributed by atoms with Crippen molar-refractivity contribution in [2.45, 2.75) is 37.6 Å². The first-order chi connectivity index (χ1) is 9.70. The summed E-state index contributed by atoms with van der Waals surface area (Å²) in [4.78, 5) is 25.3. The molecule has 0 N–H and O–H groups in total. The number of carbonyl (C=O) groups excluding carboxylic acids is 1. The summed E-state index contributed by atoms with van der Waals surface area (Å²) in [6.45, 7) is 2.60. The summed E-state index contributed by atoms with van der Waals surface area (Å²) in [5.41, 5.74) is 0. The number of halogens is 1. The van der Waals surface area contributed by atoms with Crippen LogP contribution in [0.3, 0.4) is 0 Å². The number of rotatable bonds is 2. The maximum absolute atomic E-state index is 11.7. The van der Waals surface area contributed by atoms with E-state index in [0.29, 0.717) is 24.3 Å². The van der Waals surface area contributed by atoms with E-state index in [1.165, 1.54) is 12.8 Å². The van der Waals surface area contributed by atoms with Gasteiger partial charge in [-0.15, -0.1) is 0 Å². The van der Waals surface area contributed by atoms with Crippen molar-refractivity contribution in [2.75, 3.05) is 24.5 Å². The van der Waals surface area contributed by atoms with Gasteiger partial charge in [0.25, 0.3) is 0 Å². The lowest BCUT2D eigenvalue weighted by Gasteiger charge is -2.38. The van der Waals surface area contributed by atoms with Crippen LogP contribution in [0.1, 0.15) is 37.4 Å². The Hall–Kier alpha value is -1.17. The molecule has 106 valence electrons. The molecule has 4 rings (SSSR count). The summed E-state index contributed by atoms with van der Waals surface area (Å²) in [6, 6.07) is 2.37. The Labute approximate surface area is 126 Å². The van der Waals surface area contributed by atoms with Crippen LogP contribution in [0, 0.1) is 0 Å². The van der Waals surface area contributed by atoms with Crippen LogP contribution in [0.15, 0.2) is 10.7 Å². The van der Waals surface area contributed by atoms with Gasteiger partial charge in [-0.05, 0) is 35.2 Å². The van der Waals surface area contributed by atoms with Crippen molar-refractivity contribution in [3.05, 3.63) is 16.5 Å². The van der Waals surface area contributed by atoms with Gasteiger partial charge in [0.15, 0.2) is 0 Å². The highest BCUT2D eigenvalue weighted by Crippen LogP contribution is 2.39. The molecular formula is C14H17BrN4O. The van der Waals surface area contributed by atoms with Crippen molar-refractivity contribution in [3.8, 4) is 0 Å². The molecule has 1 saturated carbocycles. The second-order valence-corrected chi connectivity index (χ2v) is 6.72. The predicted molar refractivity (Wildman–Crippen MR) is 78.7 cm³/mol. The zero-order valence-corrected chi connectivity index (χ0v) is 12.8. The first-order valence-corrected chi connectivity index (χ1v) is 8.09. The van der Waals surface area contributed by atoms with Crippen LogP contribution in [-0.4, -0.2) is 46.5 Å². The molecule has 6 heteroatoms. The highest BCUT2D eigenvalue weighted by atomic mass is 79.9. The highest BCUT2D eigenvalue weighted by molar-refractivity contribution is 9.10. The molecule has 0 aromatic carbocycles. The average molecular weight is 337 g/mol. The van der Waals surface area contributed by atoms with Gasteiger partial charge in [-0.2, -0.15) is 0 Å². The molecule has 0 radical (unpaired) electrons. The number of hydrogen-bond donors (Lipinski definition) is 0. The summed E-state index contributed by atoms with van der Waals surface area (Å²) in [5.74, 6) is 2.85. The molecule has 1 amide bonds. The van der Waals surface area contributed by atoms with E-state index in [2.05, 4.69) is 25.8 Å². The van der Waals surface area contributed by atoms with Crippen LogP contribution in [-0.2, 0) is 4.79 Å². The molecule has 5 nitrogen and oxygen atoms in total. The van der Waals surface area contributed by atoms with Gasteiger partial charge >= 0.3 is 0 Å². The Morgan fingerprint density at radius 1 is 1.20 bits per heavy atom. The SMILES string of the molecule is O=C1CCC2CN(c3cc(Br)nc(C4CC4)n3)CCN12. The lowest BCUT2D eigenvalue weighted by atomic mass is 10.1. The molecule has 0 bridgehead atoms. The first kappa shape index (κ1) is 12.6. The van der Waals surface area contributed by atoms with Gasteiger partial charge in [-0.3, -0.25) is 4.79 Å². The van der Waals surface area contributed by atoms with Gasteiger partial charge in [0.2, 0.25) is 5.91 Å². The summed E-state index contributed by atoms with van der Waals surface area (Å²) in [6.07, 6.45) is 4.11. The van der Waals surface area contributed by atoms with E-state index >= 15 is 0 Å². The van der Waals surface area contributed by atoms with Crippen molar-refractivity contribution < 1.29 is 4.79 Å². The van der Waals surface area contributed by atoms with E-state index in [-0.39, 0.29) is 0 Å². The summed E-state index contributed by atoms with van der Waals surface area (Å²) in [7, 11) is 0. The fourth-order valence-corrected chi connectivity index (χ4v) is 3.57. The minimum Gasteiger partial charge on any atom is -0.353 e. The molecule has 1 aromatic rings. The van der Waals surface area contributed by atoms with E-state index in [0.717, 1.165) is 42.3 Å². The Bertz CT molecular complexity index is 560. The number of aromatic nitrogens is 2. The number of fused-ring (bicyclic) bond motifs is 1. The number of hydrogen-bond acceptors (Lipinski definition) is 4. The third kappa shape index (κ3) is 2.20. The van der Waals surface area contributed by atoms with Crippen molar-refractivity contribution in [3.63, 3.8) is 0 Å². The topological polar surface area (TPSA) is 49.3 Å². The fourth-order valence-electron chi connectivity index (χ4n) is 3.18. The Kier molecular flexibility index (Phi) is 2.94. The smallest absolute Gasteiger partial charge is 0.223 e. The quantitative estimate of drug-likeness (QED) is 0.774. The molecule has 3 aliphatic rings. The maximum Gasteiger partial charge on any atom is 0.223 e. The fraction of sp³-hybridized carbons (Fsp3) is 0.643. The molecule has 3 heterocycles. The normalized spacial score (nSPS) is 26.1. The second-order valence-electron chi connectivity index (χ2n) is 5.91. The van der Waals surface area contributed by atoms with Gasteiger partial charge in [0.05, 0.1) is 0 Å². The maximum atomic E-state index is 11.7. The summed E-state index contributed by atoms with van der Waals surface area (Å²) in [5, 5.41) is 0. The summed E-state index contributed by atoms with van der Waals surface area (Å²) >= 11 is 3.50. The molecule has 1 unspecified atom stereocenters. The van der Waals surface area contributed by atoms with Crippen molar-refractivity contribution in [1.82, 2.24) is 14.9 Å². The second kappa shape index (κ2) is 4.69. The van der Waals surface area contributed by atoms with E-state index < -0.39 is 0 Å². The molecule has 3 fully saturated rings. The number of amides is 1. The average Bonchev–Trinajstić information content (AvgIpc) is 3.23. The molecule has 2 aliphatic heterocycles. The van der Waals surface area contributed by atoms with Crippen LogP contribution in [0.2, 0.25) is 0 Å². The van der Waals surface area contributed by atoms with Crippen LogP contribution in [0.25, 0.3) is 0 Å². The molecule has 0 spiro atoms. The van der Waals surface area contributed by atoms with Crippen molar-refractivity contribution >= 4 is 27.7 Å². The van der Waals surface area contributed by atoms with E-state index in [1.807, 2.05) is 11.0 Å². The predicted octanol–water partition coefficient (Wildman–Crippen LogP) is 1.93. The van der Waals surface area contributed by atoms with Crippen molar-refractivity contribution in [1.29, 1.82) is 0 Å². The van der Waals surface area contributed by atoms with E-state index in [1.54, 1.807) is 0 Å². The largest absolute Gasteiger partial charge is 0.353 e. The minimum absolute atomic E-state index is 0.317. The number of anilines is 1. The number of nitrogens with zero attached hydrogens (tertiary/aromatic N) is 4.